The molecule has 0 atom stereocenters. The molecule has 6 heteroatoms. The fourth-order valence-electron chi connectivity index (χ4n) is 0.608. The molecule has 1 amide bonds. The molecule has 0 fully saturated rings. The molecule has 0 bridgehead atoms. The van der Waals surface area contributed by atoms with Crippen molar-refractivity contribution in [1.29, 1.82) is 0 Å². The van der Waals surface area contributed by atoms with E-state index in [4.69, 9.17) is 0 Å². The highest BCUT2D eigenvalue weighted by Crippen LogP contribution is 2.19. The van der Waals surface area contributed by atoms with Crippen LogP contribution in [0.25, 0.3) is 0 Å². The van der Waals surface area contributed by atoms with E-state index in [1.165, 1.54) is 0 Å². The Morgan fingerprint density at radius 1 is 1.31 bits per heavy atom. The van der Waals surface area contributed by atoms with E-state index in [-0.39, 0.29) is 5.24 Å². The molecular formula is C7H16N2OS3. The largest absolute Gasteiger partial charge is 0.346 e. The first-order valence-corrected chi connectivity index (χ1v) is 7.12. The van der Waals surface area contributed by atoms with Gasteiger partial charge in [0.05, 0.1) is 0 Å². The van der Waals surface area contributed by atoms with Gasteiger partial charge in [0.1, 0.15) is 0 Å². The number of thiol groups is 1. The molecule has 0 saturated heterocycles. The van der Waals surface area contributed by atoms with Gasteiger partial charge in [-0.3, -0.25) is 4.79 Å². The molecule has 0 aromatic rings. The van der Waals surface area contributed by atoms with Crippen molar-refractivity contribution in [2.45, 2.75) is 6.92 Å². The smallest absolute Gasteiger partial charge is 0.276 e. The lowest BCUT2D eigenvalue weighted by molar-refractivity contribution is 0.261. The summed E-state index contributed by atoms with van der Waals surface area (Å²) in [7, 11) is 3.60. The van der Waals surface area contributed by atoms with E-state index in [9.17, 15) is 4.79 Å². The molecule has 0 aliphatic heterocycles. The molecule has 2 N–H and O–H groups in total. The molecule has 0 heterocycles. The first kappa shape index (κ1) is 13.5. The zero-order valence-corrected chi connectivity index (χ0v) is 10.2. The van der Waals surface area contributed by atoms with Crippen LogP contribution in [0.1, 0.15) is 6.92 Å². The van der Waals surface area contributed by atoms with Crippen LogP contribution in [0.5, 0.6) is 0 Å². The predicted molar refractivity (Wildman–Crippen MR) is 65.8 cm³/mol. The van der Waals surface area contributed by atoms with Crippen molar-refractivity contribution in [3.63, 3.8) is 0 Å². The van der Waals surface area contributed by atoms with E-state index in [0.29, 0.717) is 6.54 Å². The van der Waals surface area contributed by atoms with Gasteiger partial charge in [0.25, 0.3) is 5.24 Å². The fourth-order valence-corrected chi connectivity index (χ4v) is 2.58. The quantitative estimate of drug-likeness (QED) is 0.343. The Morgan fingerprint density at radius 3 is 2.46 bits per heavy atom. The second-order valence-electron chi connectivity index (χ2n) is 2.23. The average molecular weight is 240 g/mol. The fraction of sp³-hybridized carbons (Fsp3) is 0.857. The van der Waals surface area contributed by atoms with Gasteiger partial charge in [-0.05, 0) is 6.54 Å². The Balaban J connectivity index is 2.87. The van der Waals surface area contributed by atoms with Gasteiger partial charge < -0.3 is 10.6 Å². The Kier molecular flexibility index (Phi) is 11.0. The zero-order valence-electron chi connectivity index (χ0n) is 7.71. The number of amides is 1. The molecule has 0 radical (unpaired) electrons. The first-order valence-electron chi connectivity index (χ1n) is 4.19. The minimum absolute atomic E-state index is 0.252. The van der Waals surface area contributed by atoms with Crippen LogP contribution in [0.4, 0.5) is 4.79 Å². The highest BCUT2D eigenvalue weighted by atomic mass is 33.1. The first-order chi connectivity index (χ1) is 6.27. The lowest BCUT2D eigenvalue weighted by Crippen LogP contribution is -2.19. The Morgan fingerprint density at radius 2 is 1.92 bits per heavy atom. The number of carbonyl (C=O) groups excluding carboxylic acids is 1. The zero-order chi connectivity index (χ0) is 9.94. The highest BCUT2D eigenvalue weighted by molar-refractivity contribution is 8.76. The topological polar surface area (TPSA) is 41.1 Å². The van der Waals surface area contributed by atoms with Gasteiger partial charge in [0, 0.05) is 24.6 Å². The van der Waals surface area contributed by atoms with Crippen molar-refractivity contribution < 1.29 is 4.79 Å². The SMILES string of the molecule is CCNCCSSCCNC(=O)S. The van der Waals surface area contributed by atoms with Crippen LogP contribution < -0.4 is 10.6 Å². The van der Waals surface area contributed by atoms with Gasteiger partial charge in [-0.25, -0.2) is 0 Å². The van der Waals surface area contributed by atoms with E-state index in [1.54, 1.807) is 10.8 Å². The highest BCUT2D eigenvalue weighted by Gasteiger charge is 1.92. The standard InChI is InChI=1S/C7H16N2OS3/c1-2-8-3-5-12-13-6-4-9-7(10)11/h8H,2-6H2,1H3,(H2,9,10,11). The molecule has 0 rings (SSSR count). The third-order valence-corrected chi connectivity index (χ3v) is 3.72. The average Bonchev–Trinajstić information content (AvgIpc) is 2.09. The summed E-state index contributed by atoms with van der Waals surface area (Å²) in [4.78, 5) is 10.3. The lowest BCUT2D eigenvalue weighted by atomic mass is 10.7. The summed E-state index contributed by atoms with van der Waals surface area (Å²) in [6.45, 7) is 4.87. The van der Waals surface area contributed by atoms with Crippen molar-refractivity contribution in [2.24, 2.45) is 0 Å². The third-order valence-electron chi connectivity index (χ3n) is 1.16. The number of carbonyl (C=O) groups is 1. The Hall–Kier alpha value is 0.480. The molecule has 13 heavy (non-hydrogen) atoms. The molecular weight excluding hydrogens is 224 g/mol. The number of nitrogens with one attached hydrogen (secondary N) is 2. The van der Waals surface area contributed by atoms with E-state index >= 15 is 0 Å². The molecule has 0 aliphatic rings. The van der Waals surface area contributed by atoms with E-state index < -0.39 is 0 Å². The maximum absolute atomic E-state index is 10.3. The second kappa shape index (κ2) is 10.6. The summed E-state index contributed by atoms with van der Waals surface area (Å²) in [5.41, 5.74) is 0. The molecule has 78 valence electrons. The van der Waals surface area contributed by atoms with Gasteiger partial charge in [0.2, 0.25) is 0 Å². The summed E-state index contributed by atoms with van der Waals surface area (Å²) in [6.07, 6.45) is 0. The molecule has 0 saturated carbocycles. The van der Waals surface area contributed by atoms with Crippen molar-refractivity contribution in [3.05, 3.63) is 0 Å². The predicted octanol–water partition coefficient (Wildman–Crippen LogP) is 1.62. The Bertz CT molecular complexity index is 135. The van der Waals surface area contributed by atoms with Gasteiger partial charge in [-0.15, -0.1) is 0 Å². The van der Waals surface area contributed by atoms with Crippen molar-refractivity contribution in [3.8, 4) is 0 Å². The van der Waals surface area contributed by atoms with Crippen LogP contribution in [-0.4, -0.2) is 36.4 Å². The molecule has 3 nitrogen and oxygen atoms in total. The van der Waals surface area contributed by atoms with Crippen molar-refractivity contribution in [2.75, 3.05) is 31.1 Å². The summed E-state index contributed by atoms with van der Waals surface area (Å²) < 4.78 is 0. The molecule has 0 spiro atoms. The minimum atomic E-state index is -0.252. The van der Waals surface area contributed by atoms with Crippen molar-refractivity contribution >= 4 is 39.5 Å². The van der Waals surface area contributed by atoms with E-state index in [2.05, 4.69) is 30.2 Å². The maximum Gasteiger partial charge on any atom is 0.276 e. The summed E-state index contributed by atoms with van der Waals surface area (Å²) in [5.74, 6) is 2.04. The monoisotopic (exact) mass is 240 g/mol. The number of hydrogen-bond donors (Lipinski definition) is 3. The minimum Gasteiger partial charge on any atom is -0.346 e. The number of hydrogen-bond acceptors (Lipinski definition) is 4. The second-order valence-corrected chi connectivity index (χ2v) is 5.34. The van der Waals surface area contributed by atoms with Crippen LogP contribution >= 0.6 is 34.2 Å². The van der Waals surface area contributed by atoms with Crippen LogP contribution in [0.2, 0.25) is 0 Å². The summed E-state index contributed by atoms with van der Waals surface area (Å²) in [5, 5.41) is 5.61. The normalized spacial score (nSPS) is 10.0. The Labute approximate surface area is 93.0 Å². The van der Waals surface area contributed by atoms with Crippen LogP contribution in [0, 0.1) is 0 Å². The molecule has 0 aliphatic carbocycles. The van der Waals surface area contributed by atoms with E-state index in [1.807, 2.05) is 10.8 Å². The van der Waals surface area contributed by atoms with Gasteiger partial charge in [0.15, 0.2) is 0 Å². The maximum atomic E-state index is 10.3. The van der Waals surface area contributed by atoms with Crippen LogP contribution in [0.3, 0.4) is 0 Å². The van der Waals surface area contributed by atoms with Crippen LogP contribution in [-0.2, 0) is 0 Å². The summed E-state index contributed by atoms with van der Waals surface area (Å²) >= 11 is 3.59. The third kappa shape index (κ3) is 12.5. The van der Waals surface area contributed by atoms with E-state index in [0.717, 1.165) is 24.6 Å². The van der Waals surface area contributed by atoms with Gasteiger partial charge in [-0.1, -0.05) is 41.1 Å². The summed E-state index contributed by atoms with van der Waals surface area (Å²) in [6, 6.07) is 0. The van der Waals surface area contributed by atoms with Gasteiger partial charge in [-0.2, -0.15) is 0 Å². The molecule has 0 unspecified atom stereocenters. The molecule has 0 aromatic heterocycles. The van der Waals surface area contributed by atoms with Crippen molar-refractivity contribution in [1.82, 2.24) is 10.6 Å². The van der Waals surface area contributed by atoms with Gasteiger partial charge >= 0.3 is 0 Å². The van der Waals surface area contributed by atoms with Crippen LogP contribution in [0.15, 0.2) is 0 Å². The number of rotatable bonds is 8. The lowest BCUT2D eigenvalue weighted by Gasteiger charge is -2.02. The molecule has 0 aromatic carbocycles.